The van der Waals surface area contributed by atoms with Crippen LogP contribution >= 0.6 is 0 Å². The molecule has 0 bridgehead atoms. The third kappa shape index (κ3) is 5.29. The van der Waals surface area contributed by atoms with Crippen LogP contribution in [0.2, 0.25) is 0 Å². The summed E-state index contributed by atoms with van der Waals surface area (Å²) in [5, 5.41) is 10.2. The monoisotopic (exact) mass is 562 g/mol. The number of aryl methyl sites for hydroxylation is 1. The lowest BCUT2D eigenvalue weighted by atomic mass is 9.96. The van der Waals surface area contributed by atoms with Crippen LogP contribution in [0.25, 0.3) is 65.5 Å². The first kappa shape index (κ1) is 27.7. The van der Waals surface area contributed by atoms with Crippen LogP contribution in [-0.4, -0.2) is 9.55 Å². The Hall–Kier alpha value is -4.17. The Morgan fingerprint density at radius 3 is 1.56 bits per heavy atom. The highest BCUT2D eigenvalue weighted by Crippen LogP contribution is 2.41. The first-order chi connectivity index (χ1) is 21.3. The first-order valence-electron chi connectivity index (χ1n) is 16.6. The van der Waals surface area contributed by atoms with Crippen LogP contribution in [0.5, 0.6) is 0 Å². The third-order valence-electron chi connectivity index (χ3n) is 9.35. The maximum absolute atomic E-state index is 5.59. The number of hydrogen-bond acceptors (Lipinski definition) is 1. The predicted octanol–water partition coefficient (Wildman–Crippen LogP) is 12.2. The zero-order valence-electron chi connectivity index (χ0n) is 25.5. The van der Waals surface area contributed by atoms with E-state index < -0.39 is 0 Å². The summed E-state index contributed by atoms with van der Waals surface area (Å²) < 4.78 is 2.57. The molecular weight excluding hydrogens is 520 g/mol. The standard InChI is InChI=1S/C41H42N2/c1-2-3-4-5-6-7-8-9-10-19-28-43-40-37-27-18-16-25-35(37)34-24-15-17-26-36(34)39(40)42-41(43)38-32-22-13-11-20-30(32)29-31-21-12-14-23-33(31)38/h11-18,20-27,29H,2-10,19,28H2,1H3. The van der Waals surface area contributed by atoms with Gasteiger partial charge in [0, 0.05) is 22.9 Å². The van der Waals surface area contributed by atoms with Gasteiger partial charge in [-0.15, -0.1) is 0 Å². The minimum Gasteiger partial charge on any atom is -0.323 e. The number of rotatable bonds is 12. The van der Waals surface area contributed by atoms with Crippen LogP contribution < -0.4 is 0 Å². The fourth-order valence-corrected chi connectivity index (χ4v) is 7.18. The normalized spacial score (nSPS) is 11.9. The minimum atomic E-state index is 0.974. The number of benzene rings is 6. The Kier molecular flexibility index (Phi) is 8.10. The molecule has 7 aromatic rings. The highest BCUT2D eigenvalue weighted by atomic mass is 15.1. The average Bonchev–Trinajstić information content (AvgIpc) is 3.44. The molecule has 1 aromatic heterocycles. The molecule has 0 N–H and O–H groups in total. The molecule has 7 rings (SSSR count). The van der Waals surface area contributed by atoms with Crippen molar-refractivity contribution in [3.05, 3.63) is 103 Å². The highest BCUT2D eigenvalue weighted by Gasteiger charge is 2.21. The van der Waals surface area contributed by atoms with Crippen LogP contribution in [0.1, 0.15) is 71.1 Å². The van der Waals surface area contributed by atoms with Gasteiger partial charge in [0.1, 0.15) is 5.82 Å². The number of nitrogens with zero attached hydrogens (tertiary/aromatic N) is 2. The second-order valence-electron chi connectivity index (χ2n) is 12.3. The molecule has 0 saturated carbocycles. The quantitative estimate of drug-likeness (QED) is 0.0822. The molecule has 216 valence electrons. The Balaban J connectivity index is 1.35. The van der Waals surface area contributed by atoms with Crippen LogP contribution in [0.3, 0.4) is 0 Å². The molecule has 0 amide bonds. The first-order valence-corrected chi connectivity index (χ1v) is 16.6. The van der Waals surface area contributed by atoms with Crippen molar-refractivity contribution in [1.29, 1.82) is 0 Å². The summed E-state index contributed by atoms with van der Waals surface area (Å²) >= 11 is 0. The van der Waals surface area contributed by atoms with E-state index in [-0.39, 0.29) is 0 Å². The Morgan fingerprint density at radius 2 is 0.953 bits per heavy atom. The summed E-state index contributed by atoms with van der Waals surface area (Å²) in [6.45, 7) is 3.27. The molecule has 1 heterocycles. The van der Waals surface area contributed by atoms with Gasteiger partial charge in [-0.25, -0.2) is 4.98 Å². The third-order valence-corrected chi connectivity index (χ3v) is 9.35. The van der Waals surface area contributed by atoms with E-state index in [1.807, 2.05) is 0 Å². The number of imidazole rings is 1. The molecule has 0 aliphatic heterocycles. The van der Waals surface area contributed by atoms with Crippen molar-refractivity contribution in [1.82, 2.24) is 9.55 Å². The lowest BCUT2D eigenvalue weighted by Gasteiger charge is -2.15. The van der Waals surface area contributed by atoms with Crippen LogP contribution in [-0.2, 0) is 6.54 Å². The molecule has 2 heteroatoms. The van der Waals surface area contributed by atoms with Gasteiger partial charge >= 0.3 is 0 Å². The van der Waals surface area contributed by atoms with E-state index in [2.05, 4.69) is 115 Å². The van der Waals surface area contributed by atoms with Gasteiger partial charge in [0.25, 0.3) is 0 Å². The smallest absolute Gasteiger partial charge is 0.142 e. The largest absolute Gasteiger partial charge is 0.323 e. The van der Waals surface area contributed by atoms with Gasteiger partial charge in [0.05, 0.1) is 11.0 Å². The van der Waals surface area contributed by atoms with E-state index in [9.17, 15) is 0 Å². The van der Waals surface area contributed by atoms with Gasteiger partial charge in [-0.1, -0.05) is 162 Å². The van der Waals surface area contributed by atoms with Crippen molar-refractivity contribution in [2.24, 2.45) is 0 Å². The number of hydrogen-bond donors (Lipinski definition) is 0. The summed E-state index contributed by atoms with van der Waals surface area (Å²) in [6.07, 6.45) is 13.4. The van der Waals surface area contributed by atoms with Gasteiger partial charge in [0.2, 0.25) is 0 Å². The van der Waals surface area contributed by atoms with E-state index in [4.69, 9.17) is 4.98 Å². The van der Waals surface area contributed by atoms with E-state index in [1.165, 1.54) is 112 Å². The molecule has 0 atom stereocenters. The SMILES string of the molecule is CCCCCCCCCCCCn1c(-c2c3ccccc3cc3ccccc23)nc2c3ccccc3c3ccccc3c21. The summed E-state index contributed by atoms with van der Waals surface area (Å²) in [5.41, 5.74) is 3.65. The van der Waals surface area contributed by atoms with E-state index in [0.29, 0.717) is 0 Å². The van der Waals surface area contributed by atoms with Crippen molar-refractivity contribution < 1.29 is 0 Å². The van der Waals surface area contributed by atoms with Crippen LogP contribution in [0.4, 0.5) is 0 Å². The van der Waals surface area contributed by atoms with Crippen molar-refractivity contribution in [2.45, 2.75) is 77.7 Å². The Morgan fingerprint density at radius 1 is 0.488 bits per heavy atom. The number of aromatic nitrogens is 2. The number of unbranched alkanes of at least 4 members (excludes halogenated alkanes) is 9. The average molecular weight is 563 g/mol. The molecule has 6 aromatic carbocycles. The van der Waals surface area contributed by atoms with Crippen LogP contribution in [0.15, 0.2) is 103 Å². The van der Waals surface area contributed by atoms with Crippen molar-refractivity contribution >= 4 is 54.1 Å². The molecule has 0 spiro atoms. The Labute approximate surface area is 255 Å². The zero-order valence-corrected chi connectivity index (χ0v) is 25.5. The molecule has 2 nitrogen and oxygen atoms in total. The zero-order chi connectivity index (χ0) is 29.0. The van der Waals surface area contributed by atoms with Gasteiger partial charge in [-0.3, -0.25) is 0 Å². The van der Waals surface area contributed by atoms with E-state index in [0.717, 1.165) is 24.3 Å². The van der Waals surface area contributed by atoms with Gasteiger partial charge in [0.15, 0.2) is 0 Å². The van der Waals surface area contributed by atoms with Crippen molar-refractivity contribution in [2.75, 3.05) is 0 Å². The molecule has 0 aliphatic carbocycles. The molecule has 0 radical (unpaired) electrons. The van der Waals surface area contributed by atoms with Crippen LogP contribution in [0, 0.1) is 0 Å². The molecule has 0 saturated heterocycles. The minimum absolute atomic E-state index is 0.974. The molecular formula is C41H42N2. The van der Waals surface area contributed by atoms with Gasteiger partial charge in [-0.05, 0) is 44.8 Å². The lowest BCUT2D eigenvalue weighted by molar-refractivity contribution is 0.539. The van der Waals surface area contributed by atoms with E-state index in [1.54, 1.807) is 0 Å². The summed E-state index contributed by atoms with van der Waals surface area (Å²) in [5.74, 6) is 1.10. The molecule has 43 heavy (non-hydrogen) atoms. The van der Waals surface area contributed by atoms with Crippen molar-refractivity contribution in [3.8, 4) is 11.4 Å². The maximum Gasteiger partial charge on any atom is 0.142 e. The highest BCUT2D eigenvalue weighted by molar-refractivity contribution is 6.24. The van der Waals surface area contributed by atoms with Gasteiger partial charge < -0.3 is 4.57 Å². The summed E-state index contributed by atoms with van der Waals surface area (Å²) in [7, 11) is 0. The summed E-state index contributed by atoms with van der Waals surface area (Å²) in [4.78, 5) is 5.59. The van der Waals surface area contributed by atoms with Crippen molar-refractivity contribution in [3.63, 3.8) is 0 Å². The predicted molar refractivity (Wildman–Crippen MR) is 187 cm³/mol. The fraction of sp³-hybridized carbons (Fsp3) is 0.293. The summed E-state index contributed by atoms with van der Waals surface area (Å²) in [6, 6.07) is 37.7. The second-order valence-corrected chi connectivity index (χ2v) is 12.3. The topological polar surface area (TPSA) is 17.8 Å². The second kappa shape index (κ2) is 12.6. The van der Waals surface area contributed by atoms with E-state index >= 15 is 0 Å². The lowest BCUT2D eigenvalue weighted by Crippen LogP contribution is -2.02. The molecule has 0 unspecified atom stereocenters. The number of fused-ring (bicyclic) bond motifs is 8. The van der Waals surface area contributed by atoms with Gasteiger partial charge in [-0.2, -0.15) is 0 Å². The molecule has 0 fully saturated rings. The fourth-order valence-electron chi connectivity index (χ4n) is 7.18. The Bertz CT molecular complexity index is 1980. The maximum atomic E-state index is 5.59. The molecule has 0 aliphatic rings.